The molecule has 0 saturated carbocycles. The molecule has 1 amide bonds. The van der Waals surface area contributed by atoms with Crippen LogP contribution >= 0.6 is 23.5 Å². The van der Waals surface area contributed by atoms with Gasteiger partial charge >= 0.3 is 0 Å². The van der Waals surface area contributed by atoms with Gasteiger partial charge in [-0.3, -0.25) is 24.0 Å². The molecule has 4 aromatic carbocycles. The Hall–Kier alpha value is 2.39. The first-order chi connectivity index (χ1) is 60.8. The van der Waals surface area contributed by atoms with Crippen LogP contribution in [-0.4, -0.2) is 133 Å². The summed E-state index contributed by atoms with van der Waals surface area (Å²) >= 11 is 21.2. The number of thioether (sulfide) groups is 2. The van der Waals surface area contributed by atoms with Gasteiger partial charge in [0.2, 0.25) is 5.91 Å². The Morgan fingerprint density at radius 2 is 0.680 bits per heavy atom. The normalized spacial score (nSPS) is 12.1. The molecule has 54 heteroatoms. The molecule has 0 spiro atoms. The number of hydrogen-bond acceptors (Lipinski definition) is 22. The third kappa shape index (κ3) is 67.0. The van der Waals surface area contributed by atoms with Crippen LogP contribution in [0.3, 0.4) is 0 Å². The van der Waals surface area contributed by atoms with Crippen LogP contribution in [0.15, 0.2) is 72.8 Å². The molecular formula is C74H114BNO16S35U. The summed E-state index contributed by atoms with van der Waals surface area (Å²) in [5.41, 5.74) is 1.72. The molecule has 128 heavy (non-hydrogen) atoms. The van der Waals surface area contributed by atoms with Crippen molar-refractivity contribution in [3.05, 3.63) is 95.1 Å². The summed E-state index contributed by atoms with van der Waals surface area (Å²) in [6, 6.07) is 21.6. The average Bonchev–Trinajstić information content (AvgIpc) is 0.828. The van der Waals surface area contributed by atoms with Crippen LogP contribution < -0.4 is 43.2 Å². The minimum atomic E-state index is -0.825. The maximum Gasteiger partial charge on any atom is 0.223 e. The molecular weight excluding hydrogens is 2530 g/mol. The van der Waals surface area contributed by atoms with Crippen molar-refractivity contribution in [3.63, 3.8) is 0 Å². The molecule has 2 N–H and O–H groups in total. The molecule has 17 nitrogen and oxygen atoms in total. The number of aliphatic hydroxyl groups excluding tert-OH is 1. The van der Waals surface area contributed by atoms with E-state index < -0.39 is 41.3 Å². The van der Waals surface area contributed by atoms with Crippen molar-refractivity contribution in [1.82, 2.24) is 5.32 Å². The van der Waals surface area contributed by atoms with E-state index in [1.54, 1.807) is 289 Å². The molecule has 0 aliphatic carbocycles. The smallest absolute Gasteiger partial charge is 0.223 e. The maximum absolute atomic E-state index is 14.2. The molecule has 0 aromatic heterocycles. The second-order valence-corrected chi connectivity index (χ2v) is 82.4. The van der Waals surface area contributed by atoms with E-state index in [2.05, 4.69) is 20.6 Å². The van der Waals surface area contributed by atoms with E-state index in [1.165, 1.54) is 35.5 Å². The van der Waals surface area contributed by atoms with Crippen LogP contribution in [-0.2, 0) is 360 Å². The Labute approximate surface area is 897 Å². The summed E-state index contributed by atoms with van der Waals surface area (Å²) in [5.74, 6) is 3.21. The van der Waals surface area contributed by atoms with Crippen molar-refractivity contribution >= 4 is 362 Å². The summed E-state index contributed by atoms with van der Waals surface area (Å²) < 4.78 is 62.6. The third-order valence-corrected chi connectivity index (χ3v) is 77.4. The van der Waals surface area contributed by atoms with Crippen molar-refractivity contribution < 1.29 is 108 Å². The molecule has 4 rings (SSSR count). The summed E-state index contributed by atoms with van der Waals surface area (Å²) in [6.07, 6.45) is 3.64. The van der Waals surface area contributed by atoms with Gasteiger partial charge in [-0.1, -0.05) is 87.8 Å². The van der Waals surface area contributed by atoms with E-state index in [0.29, 0.717) is 52.2 Å². The van der Waals surface area contributed by atoms with E-state index in [4.69, 9.17) is 98.6 Å². The van der Waals surface area contributed by atoms with Gasteiger partial charge in [0, 0.05) is 420 Å². The fourth-order valence-electron chi connectivity index (χ4n) is 10.4. The Morgan fingerprint density at radius 3 is 0.938 bits per heavy atom. The van der Waals surface area contributed by atoms with Gasteiger partial charge in [-0.05, 0) is 153 Å². The predicted octanol–water partition coefficient (Wildman–Crippen LogP) is 14.6. The SMILES string of the molecule is CCCCC[C@H](C)C(=O)N[C@@H](Cc1ccc(OC(C)(C)C)cc1)C(=O)C[C@H](C(=O)SCc1c(OC)cc(OC)cc1OC)[C@@H](C)OC(C)(C)C.CO.COc1cc(OC)c(CSC(=O)[C@@H](CC(=O)[C@@H](C)Cc2ccc(OC(C)(C)C)cc2)[C@@H](C)OC(C)(C)C)c(OC)c1.S=S=S=S=S=S=S=S=S=S=S=S=S=S=S=S.S=S=S=S=S=S=S=S=S=S=S=S=S=S=S=S=S.[2H][B].[U]. The zero-order valence-electron chi connectivity index (χ0n) is 76.0. The van der Waals surface area contributed by atoms with Crippen LogP contribution in [0.5, 0.6) is 46.0 Å². The number of aliphatic hydroxyl groups is 1. The second-order valence-electron chi connectivity index (χ2n) is 29.1. The van der Waals surface area contributed by atoms with Gasteiger partial charge in [0.1, 0.15) is 63.0 Å². The minimum Gasteiger partial charge on any atom is -0.496 e. The zero-order valence-corrected chi connectivity index (χ0v) is 108. The van der Waals surface area contributed by atoms with E-state index in [-0.39, 0.29) is 107 Å². The molecule has 2 radical (unpaired) electrons. The summed E-state index contributed by atoms with van der Waals surface area (Å²) in [7, 11) is 63.0. The van der Waals surface area contributed by atoms with Crippen molar-refractivity contribution in [2.45, 2.75) is 221 Å². The van der Waals surface area contributed by atoms with Crippen molar-refractivity contribution in [3.8, 4) is 46.0 Å². The molecule has 0 aliphatic heterocycles. The molecule has 4 aromatic rings. The number of nitrogens with one attached hydrogen (secondary N) is 1. The van der Waals surface area contributed by atoms with Gasteiger partial charge in [0.05, 0.1) is 83.9 Å². The monoisotopic (exact) mass is 2640 g/mol. The molecule has 0 unspecified atom stereocenters. The molecule has 7 atom stereocenters. The summed E-state index contributed by atoms with van der Waals surface area (Å²) in [6.45, 7) is 33.2. The Balaban J connectivity index is -0.00000178. The number of unbranched alkanes of at least 4 members (excludes halogenated alkanes) is 2. The van der Waals surface area contributed by atoms with Crippen LogP contribution in [0.2, 0.25) is 0 Å². The standard InChI is InChI=1S/C40H61NO8S.C33H48O7S.CH4O.BH.S17.S16.U/c1-13-14-15-16-26(2)37(43)41-33(21-28-17-19-29(20-18-28)49-40(7,8)9)34(42)24-31(27(3)48-39(4,5)6)38(44)50-25-32-35(46-11)22-30(45-10)23-36(32)47-12;1-21(16-23-12-14-24(15-13-23)40-33(6,7)8)28(34)19-26(22(2)39-32(3,4)5)31(35)41-20-27-29(37-10)17-25(36-9)18-30(27)38-11;1-2;;1-3-5-7-9-11-13-15-17-16-14-12-10-8-6-4-2;1-3-5-7-9-11-13-15-16-14-12-10-8-6-4-2;/h17-20,22-23,26-27,31,33H,13-16,21,24-25H2,1-12H3,(H,41,43);12-15,17-18,21-22,26H,16,19-20H2,1-11H3;2H,1H3;1H;;;/t26-,27+,31-,33-;21-,22+,26-;;;;;/m00...../s1/i;;;1D;;;. The molecule has 0 aliphatic rings. The number of hydrogen-bond donors (Lipinski definition) is 2. The largest absolute Gasteiger partial charge is 0.496 e. The fraction of sp³-hybridized carbons (Fsp3) is 0.608. The van der Waals surface area contributed by atoms with Gasteiger partial charge in [-0.25, -0.2) is 0 Å². The molecule has 0 heterocycles. The van der Waals surface area contributed by atoms with E-state index in [1.807, 2.05) is 159 Å². The first kappa shape index (κ1) is 132. The topological polar surface area (TPSA) is 210 Å². The van der Waals surface area contributed by atoms with Gasteiger partial charge in [0.15, 0.2) is 16.0 Å². The number of rotatable bonds is 34. The fourth-order valence-corrected chi connectivity index (χ4v) is 81.1. The average molecular weight is 2650 g/mol. The molecule has 0 bridgehead atoms. The maximum atomic E-state index is 14.2. The Morgan fingerprint density at radius 1 is 0.398 bits per heavy atom. The van der Waals surface area contributed by atoms with Gasteiger partial charge in [-0.2, -0.15) is 0 Å². The van der Waals surface area contributed by atoms with Crippen LogP contribution in [0.1, 0.15) is 178 Å². The van der Waals surface area contributed by atoms with Gasteiger partial charge in [0.25, 0.3) is 0 Å². The number of ether oxygens (including phenoxy) is 10. The van der Waals surface area contributed by atoms with Gasteiger partial charge in [-0.15, -0.1) is 0 Å². The first-order valence-corrected chi connectivity index (χ1v) is 80.6. The van der Waals surface area contributed by atoms with Crippen LogP contribution in [0.4, 0.5) is 0 Å². The number of benzene rings is 4. The van der Waals surface area contributed by atoms with Crippen molar-refractivity contribution in [1.29, 1.82) is 1.34 Å². The molecule has 728 valence electrons. The molecule has 0 fully saturated rings. The summed E-state index contributed by atoms with van der Waals surface area (Å²) in [4.78, 5) is 68.8. The predicted molar refractivity (Wildman–Crippen MR) is 625 cm³/mol. The summed E-state index contributed by atoms with van der Waals surface area (Å²) in [5, 5.41) is 9.75. The van der Waals surface area contributed by atoms with Gasteiger partial charge < -0.3 is 57.8 Å². The van der Waals surface area contributed by atoms with Crippen molar-refractivity contribution in [2.24, 2.45) is 23.7 Å². The number of carbonyl (C=O) groups excluding carboxylic acids is 5. The minimum absolute atomic E-state index is 0. The number of Topliss-reactive ketones (excluding diaryl/α,β-unsaturated/α-hetero) is 2. The van der Waals surface area contributed by atoms with Crippen LogP contribution in [0, 0.1) is 54.8 Å². The van der Waals surface area contributed by atoms with E-state index in [0.717, 1.165) is 84.5 Å². The number of methoxy groups -OCH3 is 6. The third-order valence-electron chi connectivity index (χ3n) is 15.4. The number of ketones is 2. The first-order valence-electron chi connectivity index (χ1n) is 37.8. The zero-order chi connectivity index (χ0) is 97.1. The molecule has 0 saturated heterocycles. The quantitative estimate of drug-likeness (QED) is 0.0329. The van der Waals surface area contributed by atoms with Crippen LogP contribution in [0.25, 0.3) is 0 Å². The Bertz CT molecular complexity index is 5410. The second kappa shape index (κ2) is 80.9. The van der Waals surface area contributed by atoms with E-state index >= 15 is 0 Å². The Kier molecular flexibility index (Phi) is 83.7. The number of carbonyl (C=O) groups is 5. The van der Waals surface area contributed by atoms with E-state index in [9.17, 15) is 24.0 Å². The number of amides is 1. The van der Waals surface area contributed by atoms with Crippen molar-refractivity contribution in [2.75, 3.05) is 49.8 Å².